The Morgan fingerprint density at radius 2 is 2.41 bits per heavy atom. The smallest absolute Gasteiger partial charge is 0.355 e. The van der Waals surface area contributed by atoms with Crippen LogP contribution in [0.2, 0.25) is 0 Å². The standard InChI is InChI=1S/C12H18N2O2S/c1-2-9-6-4-3-5-7-14(9)12-13-10(8-17-12)11(15)16/h8-9H,2-7H2,1H3,(H,15,16). The van der Waals surface area contributed by atoms with E-state index in [0.717, 1.165) is 18.1 Å². The zero-order chi connectivity index (χ0) is 12.3. The number of aromatic nitrogens is 1. The molecule has 1 saturated heterocycles. The predicted octanol–water partition coefficient (Wildman–Crippen LogP) is 3.00. The molecule has 2 heterocycles. The molecule has 1 unspecified atom stereocenters. The zero-order valence-corrected chi connectivity index (χ0v) is 10.9. The number of carboxylic acids is 1. The maximum absolute atomic E-state index is 10.8. The largest absolute Gasteiger partial charge is 0.476 e. The first-order valence-corrected chi connectivity index (χ1v) is 7.05. The molecule has 0 spiro atoms. The molecule has 94 valence electrons. The van der Waals surface area contributed by atoms with Crippen LogP contribution in [0.25, 0.3) is 0 Å². The number of hydrogen-bond donors (Lipinski definition) is 1. The number of anilines is 1. The molecule has 0 saturated carbocycles. The Labute approximate surface area is 105 Å². The number of hydrogen-bond acceptors (Lipinski definition) is 4. The Kier molecular flexibility index (Phi) is 3.99. The number of carboxylic acid groups (broad SMARTS) is 1. The van der Waals surface area contributed by atoms with Crippen LogP contribution in [0.3, 0.4) is 0 Å². The summed E-state index contributed by atoms with van der Waals surface area (Å²) < 4.78 is 0. The quantitative estimate of drug-likeness (QED) is 0.901. The summed E-state index contributed by atoms with van der Waals surface area (Å²) in [5.74, 6) is -0.935. The summed E-state index contributed by atoms with van der Waals surface area (Å²) >= 11 is 1.45. The Balaban J connectivity index is 2.19. The van der Waals surface area contributed by atoms with Crippen LogP contribution in [0.15, 0.2) is 5.38 Å². The van der Waals surface area contributed by atoms with Crippen molar-refractivity contribution in [2.45, 2.75) is 45.1 Å². The van der Waals surface area contributed by atoms with E-state index in [1.54, 1.807) is 5.38 Å². The van der Waals surface area contributed by atoms with Crippen LogP contribution in [0.1, 0.15) is 49.5 Å². The number of aromatic carboxylic acids is 1. The summed E-state index contributed by atoms with van der Waals surface area (Å²) in [5.41, 5.74) is 0.170. The van der Waals surface area contributed by atoms with Gasteiger partial charge in [0.05, 0.1) is 0 Å². The lowest BCUT2D eigenvalue weighted by atomic mass is 10.1. The van der Waals surface area contributed by atoms with E-state index in [2.05, 4.69) is 16.8 Å². The van der Waals surface area contributed by atoms with E-state index in [1.165, 1.54) is 37.0 Å². The lowest BCUT2D eigenvalue weighted by Crippen LogP contribution is -2.34. The van der Waals surface area contributed by atoms with Gasteiger partial charge in [-0.3, -0.25) is 0 Å². The summed E-state index contributed by atoms with van der Waals surface area (Å²) in [4.78, 5) is 17.4. The Morgan fingerprint density at radius 1 is 1.59 bits per heavy atom. The molecule has 0 radical (unpaired) electrons. The lowest BCUT2D eigenvalue weighted by molar-refractivity contribution is 0.0691. The maximum Gasteiger partial charge on any atom is 0.355 e. The van der Waals surface area contributed by atoms with Gasteiger partial charge in [0, 0.05) is 18.0 Å². The van der Waals surface area contributed by atoms with Gasteiger partial charge in [0.2, 0.25) is 0 Å². The predicted molar refractivity (Wildman–Crippen MR) is 69.0 cm³/mol. The van der Waals surface area contributed by atoms with E-state index in [9.17, 15) is 4.79 Å². The molecule has 1 fully saturated rings. The second-order valence-corrected chi connectivity index (χ2v) is 5.26. The highest BCUT2D eigenvalue weighted by Gasteiger charge is 2.22. The number of thiazole rings is 1. The molecule has 5 heteroatoms. The molecule has 1 N–H and O–H groups in total. The minimum atomic E-state index is -0.935. The number of nitrogens with zero attached hydrogens (tertiary/aromatic N) is 2. The molecule has 1 aromatic heterocycles. The molecule has 0 bridgehead atoms. The van der Waals surface area contributed by atoms with Gasteiger partial charge in [0.1, 0.15) is 0 Å². The normalized spacial score (nSPS) is 21.2. The van der Waals surface area contributed by atoms with Crippen LogP contribution in [-0.4, -0.2) is 28.6 Å². The fraction of sp³-hybridized carbons (Fsp3) is 0.667. The highest BCUT2D eigenvalue weighted by molar-refractivity contribution is 7.13. The summed E-state index contributed by atoms with van der Waals surface area (Å²) in [7, 11) is 0. The van der Waals surface area contributed by atoms with E-state index in [0.29, 0.717) is 6.04 Å². The van der Waals surface area contributed by atoms with Gasteiger partial charge in [-0.05, 0) is 19.3 Å². The average molecular weight is 254 g/mol. The second-order valence-electron chi connectivity index (χ2n) is 4.43. The van der Waals surface area contributed by atoms with E-state index >= 15 is 0 Å². The first kappa shape index (κ1) is 12.4. The molecule has 1 aliphatic rings. The molecule has 4 nitrogen and oxygen atoms in total. The molecule has 17 heavy (non-hydrogen) atoms. The van der Waals surface area contributed by atoms with E-state index < -0.39 is 5.97 Å². The van der Waals surface area contributed by atoms with Gasteiger partial charge in [0.25, 0.3) is 0 Å². The van der Waals surface area contributed by atoms with E-state index in [4.69, 9.17) is 5.11 Å². The molecular formula is C12H18N2O2S. The second kappa shape index (κ2) is 5.49. The fourth-order valence-corrected chi connectivity index (χ4v) is 3.25. The fourth-order valence-electron chi connectivity index (χ4n) is 2.35. The highest BCUT2D eigenvalue weighted by Crippen LogP contribution is 2.28. The van der Waals surface area contributed by atoms with Gasteiger partial charge < -0.3 is 10.0 Å². The Hall–Kier alpha value is -1.10. The third kappa shape index (κ3) is 2.77. The van der Waals surface area contributed by atoms with Crippen LogP contribution in [0, 0.1) is 0 Å². The lowest BCUT2D eigenvalue weighted by Gasteiger charge is -2.28. The molecule has 0 aliphatic carbocycles. The zero-order valence-electron chi connectivity index (χ0n) is 10.1. The van der Waals surface area contributed by atoms with Crippen molar-refractivity contribution >= 4 is 22.4 Å². The molecular weight excluding hydrogens is 236 g/mol. The molecule has 1 aromatic rings. The summed E-state index contributed by atoms with van der Waals surface area (Å²) in [6.07, 6.45) is 6.01. The van der Waals surface area contributed by atoms with Crippen molar-refractivity contribution in [3.8, 4) is 0 Å². The van der Waals surface area contributed by atoms with Crippen LogP contribution in [0.4, 0.5) is 5.13 Å². The van der Waals surface area contributed by atoms with Crippen molar-refractivity contribution in [3.05, 3.63) is 11.1 Å². The Bertz CT molecular complexity index is 392. The molecule has 2 rings (SSSR count). The summed E-state index contributed by atoms with van der Waals surface area (Å²) in [5, 5.41) is 11.4. The van der Waals surface area contributed by atoms with Crippen LogP contribution >= 0.6 is 11.3 Å². The van der Waals surface area contributed by atoms with E-state index in [-0.39, 0.29) is 5.69 Å². The van der Waals surface area contributed by atoms with Crippen LogP contribution in [-0.2, 0) is 0 Å². The number of rotatable bonds is 3. The topological polar surface area (TPSA) is 53.4 Å². The SMILES string of the molecule is CCC1CCCCCN1c1nc(C(=O)O)cs1. The first-order chi connectivity index (χ1) is 8.22. The monoisotopic (exact) mass is 254 g/mol. The Morgan fingerprint density at radius 3 is 3.06 bits per heavy atom. The van der Waals surface area contributed by atoms with Crippen LogP contribution < -0.4 is 4.90 Å². The molecule has 1 atom stereocenters. The van der Waals surface area contributed by atoms with Crippen molar-refractivity contribution < 1.29 is 9.90 Å². The molecule has 0 amide bonds. The van der Waals surface area contributed by atoms with E-state index in [1.807, 2.05) is 0 Å². The van der Waals surface area contributed by atoms with Gasteiger partial charge in [-0.1, -0.05) is 19.8 Å². The van der Waals surface area contributed by atoms with Gasteiger partial charge in [-0.15, -0.1) is 11.3 Å². The van der Waals surface area contributed by atoms with Crippen LogP contribution in [0.5, 0.6) is 0 Å². The van der Waals surface area contributed by atoms with Crippen molar-refractivity contribution in [2.24, 2.45) is 0 Å². The van der Waals surface area contributed by atoms with Crippen molar-refractivity contribution in [2.75, 3.05) is 11.4 Å². The highest BCUT2D eigenvalue weighted by atomic mass is 32.1. The van der Waals surface area contributed by atoms with Crippen molar-refractivity contribution in [1.82, 2.24) is 4.98 Å². The summed E-state index contributed by atoms with van der Waals surface area (Å²) in [6, 6.07) is 0.519. The number of carbonyl (C=O) groups is 1. The van der Waals surface area contributed by atoms with Crippen molar-refractivity contribution in [3.63, 3.8) is 0 Å². The van der Waals surface area contributed by atoms with Gasteiger partial charge in [-0.25, -0.2) is 9.78 Å². The van der Waals surface area contributed by atoms with Crippen molar-refractivity contribution in [1.29, 1.82) is 0 Å². The first-order valence-electron chi connectivity index (χ1n) is 6.18. The van der Waals surface area contributed by atoms with Gasteiger partial charge in [-0.2, -0.15) is 0 Å². The van der Waals surface area contributed by atoms with Gasteiger partial charge >= 0.3 is 5.97 Å². The molecule has 0 aromatic carbocycles. The van der Waals surface area contributed by atoms with Gasteiger partial charge in [0.15, 0.2) is 10.8 Å². The summed E-state index contributed by atoms with van der Waals surface area (Å²) in [6.45, 7) is 3.19. The maximum atomic E-state index is 10.8. The minimum absolute atomic E-state index is 0.170. The third-order valence-electron chi connectivity index (χ3n) is 3.31. The average Bonchev–Trinajstić information content (AvgIpc) is 2.68. The molecule has 1 aliphatic heterocycles. The third-order valence-corrected chi connectivity index (χ3v) is 4.18. The minimum Gasteiger partial charge on any atom is -0.476 e.